The molecule has 0 aromatic carbocycles. The van der Waals surface area contributed by atoms with Gasteiger partial charge < -0.3 is 9.40 Å². The second kappa shape index (κ2) is 6.73. The molecule has 27 heavy (non-hydrogen) atoms. The van der Waals surface area contributed by atoms with Gasteiger partial charge in [-0.05, 0) is 18.4 Å². The third-order valence-electron chi connectivity index (χ3n) is 4.86. The summed E-state index contributed by atoms with van der Waals surface area (Å²) in [5.74, 6) is 2.26. The highest BCUT2D eigenvalue weighted by atomic mass is 32.1. The van der Waals surface area contributed by atoms with Crippen LogP contribution in [-0.2, 0) is 24.9 Å². The van der Waals surface area contributed by atoms with Crippen LogP contribution >= 0.6 is 11.3 Å². The van der Waals surface area contributed by atoms with Crippen LogP contribution in [0.3, 0.4) is 0 Å². The number of oxazole rings is 1. The number of H-pyrrole nitrogens is 1. The molecule has 6 nitrogen and oxygen atoms in total. The Balaban J connectivity index is 1.55. The van der Waals surface area contributed by atoms with Gasteiger partial charge in [-0.2, -0.15) is 0 Å². The molecule has 0 spiro atoms. The van der Waals surface area contributed by atoms with Gasteiger partial charge >= 0.3 is 0 Å². The van der Waals surface area contributed by atoms with E-state index < -0.39 is 0 Å². The molecule has 3 aromatic rings. The number of nitrogens with one attached hydrogen (secondary N) is 1. The molecule has 0 saturated heterocycles. The number of rotatable bonds is 3. The van der Waals surface area contributed by atoms with Crippen LogP contribution in [0.25, 0.3) is 10.8 Å². The maximum atomic E-state index is 12.6. The van der Waals surface area contributed by atoms with E-state index in [1.54, 1.807) is 11.3 Å². The predicted octanol–water partition coefficient (Wildman–Crippen LogP) is 3.65. The van der Waals surface area contributed by atoms with Crippen molar-refractivity contribution in [3.8, 4) is 10.8 Å². The van der Waals surface area contributed by atoms with Crippen LogP contribution in [0.5, 0.6) is 0 Å². The number of aromatic nitrogens is 3. The topological polar surface area (TPSA) is 75.0 Å². The minimum atomic E-state index is -0.165. The standard InChI is InChI=1S/C20H24N4O2S/c1-12-15(21-18(26-12)16-6-5-9-27-16)11-24-8-7-14-13(10-24)17(25)23-19(22-14)20(2,3)4/h5-6,9H,7-8,10-11H2,1-4H3,(H,22,23,25). The minimum Gasteiger partial charge on any atom is -0.440 e. The first-order chi connectivity index (χ1) is 12.8. The van der Waals surface area contributed by atoms with Crippen molar-refractivity contribution in [3.63, 3.8) is 0 Å². The first-order valence-corrected chi connectivity index (χ1v) is 10.0. The average Bonchev–Trinajstić information content (AvgIpc) is 3.25. The Kier molecular flexibility index (Phi) is 4.52. The van der Waals surface area contributed by atoms with Crippen LogP contribution in [0.15, 0.2) is 26.7 Å². The summed E-state index contributed by atoms with van der Waals surface area (Å²) in [5, 5.41) is 2.02. The molecule has 4 heterocycles. The molecule has 0 atom stereocenters. The first-order valence-electron chi connectivity index (χ1n) is 9.16. The Labute approximate surface area is 162 Å². The van der Waals surface area contributed by atoms with Crippen molar-refractivity contribution in [1.82, 2.24) is 19.9 Å². The maximum absolute atomic E-state index is 12.6. The van der Waals surface area contributed by atoms with Gasteiger partial charge in [-0.1, -0.05) is 26.8 Å². The molecule has 7 heteroatoms. The molecule has 0 aliphatic carbocycles. The highest BCUT2D eigenvalue weighted by Crippen LogP contribution is 2.27. The van der Waals surface area contributed by atoms with Crippen LogP contribution < -0.4 is 5.56 Å². The number of hydrogen-bond acceptors (Lipinski definition) is 6. The lowest BCUT2D eigenvalue weighted by Gasteiger charge is -2.28. The van der Waals surface area contributed by atoms with Gasteiger partial charge in [0.1, 0.15) is 11.6 Å². The van der Waals surface area contributed by atoms with Crippen molar-refractivity contribution < 1.29 is 4.42 Å². The predicted molar refractivity (Wildman–Crippen MR) is 106 cm³/mol. The molecule has 1 aliphatic rings. The van der Waals surface area contributed by atoms with Gasteiger partial charge in [-0.15, -0.1) is 11.3 Å². The Morgan fingerprint density at radius 3 is 2.85 bits per heavy atom. The summed E-state index contributed by atoms with van der Waals surface area (Å²) in [4.78, 5) is 28.2. The van der Waals surface area contributed by atoms with Gasteiger partial charge in [-0.3, -0.25) is 9.69 Å². The summed E-state index contributed by atoms with van der Waals surface area (Å²) in [7, 11) is 0. The summed E-state index contributed by atoms with van der Waals surface area (Å²) < 4.78 is 5.84. The molecule has 0 unspecified atom stereocenters. The zero-order valence-electron chi connectivity index (χ0n) is 16.1. The number of hydrogen-bond donors (Lipinski definition) is 1. The number of aryl methyl sites for hydroxylation is 1. The molecule has 3 aromatic heterocycles. The number of fused-ring (bicyclic) bond motifs is 1. The molecule has 4 rings (SSSR count). The van der Waals surface area contributed by atoms with E-state index >= 15 is 0 Å². The van der Waals surface area contributed by atoms with Gasteiger partial charge in [0.15, 0.2) is 0 Å². The summed E-state index contributed by atoms with van der Waals surface area (Å²) in [6.45, 7) is 10.2. The monoisotopic (exact) mass is 384 g/mol. The lowest BCUT2D eigenvalue weighted by molar-refractivity contribution is 0.237. The van der Waals surface area contributed by atoms with Crippen LogP contribution in [0.2, 0.25) is 0 Å². The van der Waals surface area contributed by atoms with E-state index in [2.05, 4.69) is 35.6 Å². The number of aromatic amines is 1. The van der Waals surface area contributed by atoms with Crippen molar-refractivity contribution in [1.29, 1.82) is 0 Å². The third kappa shape index (κ3) is 3.61. The average molecular weight is 385 g/mol. The van der Waals surface area contributed by atoms with Gasteiger partial charge in [0.05, 0.1) is 21.8 Å². The quantitative estimate of drug-likeness (QED) is 0.746. The first kappa shape index (κ1) is 18.1. The summed E-state index contributed by atoms with van der Waals surface area (Å²) in [6.07, 6.45) is 0.775. The molecular weight excluding hydrogens is 360 g/mol. The zero-order chi connectivity index (χ0) is 19.2. The van der Waals surface area contributed by atoms with E-state index in [0.29, 0.717) is 19.0 Å². The van der Waals surface area contributed by atoms with E-state index in [1.807, 2.05) is 24.4 Å². The minimum absolute atomic E-state index is 0.0224. The summed E-state index contributed by atoms with van der Waals surface area (Å²) >= 11 is 1.62. The van der Waals surface area contributed by atoms with E-state index in [4.69, 9.17) is 9.40 Å². The Morgan fingerprint density at radius 2 is 2.15 bits per heavy atom. The summed E-state index contributed by atoms with van der Waals surface area (Å²) in [6, 6.07) is 4.00. The molecule has 0 bridgehead atoms. The van der Waals surface area contributed by atoms with Crippen LogP contribution in [0.4, 0.5) is 0 Å². The smallest absolute Gasteiger partial charge is 0.255 e. The van der Waals surface area contributed by atoms with Crippen molar-refractivity contribution >= 4 is 11.3 Å². The van der Waals surface area contributed by atoms with E-state index in [0.717, 1.165) is 46.4 Å². The third-order valence-corrected chi connectivity index (χ3v) is 5.71. The van der Waals surface area contributed by atoms with E-state index in [1.165, 1.54) is 0 Å². The maximum Gasteiger partial charge on any atom is 0.255 e. The normalized spacial score (nSPS) is 15.1. The molecule has 0 fully saturated rings. The fraction of sp³-hybridized carbons (Fsp3) is 0.450. The van der Waals surface area contributed by atoms with Gasteiger partial charge in [0, 0.05) is 31.5 Å². The van der Waals surface area contributed by atoms with E-state index in [9.17, 15) is 4.79 Å². The van der Waals surface area contributed by atoms with Crippen molar-refractivity contribution in [2.24, 2.45) is 0 Å². The van der Waals surface area contributed by atoms with E-state index in [-0.39, 0.29) is 11.0 Å². The Hall–Kier alpha value is -2.25. The molecule has 0 saturated carbocycles. The van der Waals surface area contributed by atoms with Crippen LogP contribution in [0.1, 0.15) is 49.3 Å². The van der Waals surface area contributed by atoms with Crippen LogP contribution in [-0.4, -0.2) is 26.4 Å². The number of thiophene rings is 1. The Bertz CT molecular complexity index is 1010. The van der Waals surface area contributed by atoms with Gasteiger partial charge in [0.25, 0.3) is 5.56 Å². The summed E-state index contributed by atoms with van der Waals surface area (Å²) in [5.41, 5.74) is 2.44. The Morgan fingerprint density at radius 1 is 1.33 bits per heavy atom. The molecule has 1 N–H and O–H groups in total. The van der Waals surface area contributed by atoms with Crippen LogP contribution in [0, 0.1) is 6.92 Å². The second-order valence-corrected chi connectivity index (χ2v) is 9.00. The van der Waals surface area contributed by atoms with Crippen molar-refractivity contribution in [2.75, 3.05) is 6.54 Å². The molecular formula is C20H24N4O2S. The van der Waals surface area contributed by atoms with Crippen molar-refractivity contribution in [3.05, 3.63) is 56.4 Å². The lowest BCUT2D eigenvalue weighted by atomic mass is 9.95. The molecule has 142 valence electrons. The molecule has 0 radical (unpaired) electrons. The number of nitrogens with zero attached hydrogens (tertiary/aromatic N) is 3. The SMILES string of the molecule is Cc1oc(-c2cccs2)nc1CN1CCc2nc(C(C)(C)C)[nH]c(=O)c2C1. The largest absolute Gasteiger partial charge is 0.440 e. The second-order valence-electron chi connectivity index (χ2n) is 8.05. The zero-order valence-corrected chi connectivity index (χ0v) is 16.9. The fourth-order valence-electron chi connectivity index (χ4n) is 3.26. The lowest BCUT2D eigenvalue weighted by Crippen LogP contribution is -2.37. The van der Waals surface area contributed by atoms with Crippen molar-refractivity contribution in [2.45, 2.75) is 52.6 Å². The molecule has 1 aliphatic heterocycles. The van der Waals surface area contributed by atoms with Gasteiger partial charge in [-0.25, -0.2) is 9.97 Å². The highest BCUT2D eigenvalue weighted by Gasteiger charge is 2.26. The van der Waals surface area contributed by atoms with Gasteiger partial charge in [0.2, 0.25) is 5.89 Å². The fourth-order valence-corrected chi connectivity index (χ4v) is 3.91. The molecule has 0 amide bonds. The highest BCUT2D eigenvalue weighted by molar-refractivity contribution is 7.13.